The maximum atomic E-state index is 14.0. The van der Waals surface area contributed by atoms with Gasteiger partial charge in [0.15, 0.2) is 17.3 Å². The first-order chi connectivity index (χ1) is 20.8. The number of phenols is 1. The van der Waals surface area contributed by atoms with E-state index in [1.165, 1.54) is 11.0 Å². The maximum absolute atomic E-state index is 14.0. The average Bonchev–Trinajstić information content (AvgIpc) is 2.90. The van der Waals surface area contributed by atoms with Crippen molar-refractivity contribution in [3.05, 3.63) is 39.9 Å². The molecule has 4 rings (SSSR count). The lowest BCUT2D eigenvalue weighted by Gasteiger charge is -2.41. The summed E-state index contributed by atoms with van der Waals surface area (Å²) in [7, 11) is 3.48. The lowest BCUT2D eigenvalue weighted by molar-refractivity contribution is -0.126. The number of carbonyl (C=O) groups excluding carboxylic acids is 5. The van der Waals surface area contributed by atoms with Gasteiger partial charge in [0.25, 0.3) is 5.91 Å². The van der Waals surface area contributed by atoms with E-state index >= 15 is 0 Å². The summed E-state index contributed by atoms with van der Waals surface area (Å²) in [6.07, 6.45) is -0.246. The molecule has 0 spiro atoms. The highest BCUT2D eigenvalue weighted by molar-refractivity contribution is 6.22. The Morgan fingerprint density at radius 1 is 1.11 bits per heavy atom. The summed E-state index contributed by atoms with van der Waals surface area (Å²) in [6.45, 7) is 8.81. The first kappa shape index (κ1) is 33.3. The Hall–Kier alpha value is -4.55. The lowest BCUT2D eigenvalue weighted by atomic mass is 9.62. The van der Waals surface area contributed by atoms with Crippen molar-refractivity contribution >= 4 is 40.8 Å². The molecular formula is C32H42N4O9. The molecule has 3 atom stereocenters. The number of hydrogen-bond acceptors (Lipinski definition) is 10. The molecule has 45 heavy (non-hydrogen) atoms. The number of aromatic hydroxyl groups is 1. The SMILES string of the molecule is CC(C)COC(=O)N(CC(=O)Nc1cc(N(C)C)c2c(c1O)C(=O)C1=C(O)C3C(=O)C(C(N)=O)=C(O)CC3CC1C2)C(C)(C)C. The van der Waals surface area contributed by atoms with Crippen LogP contribution >= 0.6 is 0 Å². The highest BCUT2D eigenvalue weighted by atomic mass is 16.6. The fraction of sp³-hybridized carbons (Fsp3) is 0.531. The third-order valence-corrected chi connectivity index (χ3v) is 8.49. The van der Waals surface area contributed by atoms with Crippen LogP contribution in [0.25, 0.3) is 0 Å². The molecule has 13 nitrogen and oxygen atoms in total. The molecule has 6 N–H and O–H groups in total. The lowest BCUT2D eigenvalue weighted by Crippen LogP contribution is -2.49. The first-order valence-electron chi connectivity index (χ1n) is 14.9. The number of ether oxygens (including phenoxy) is 1. The summed E-state index contributed by atoms with van der Waals surface area (Å²) in [5, 5.41) is 35.7. The minimum absolute atomic E-state index is 0.0578. The van der Waals surface area contributed by atoms with Crippen molar-refractivity contribution in [1.29, 1.82) is 0 Å². The van der Waals surface area contributed by atoms with Gasteiger partial charge < -0.3 is 36.0 Å². The quantitative estimate of drug-likeness (QED) is 0.221. The monoisotopic (exact) mass is 626 g/mol. The number of aliphatic hydroxyl groups is 2. The number of Topliss-reactive ketones (excluding diaryl/α,β-unsaturated/α-hetero) is 2. The number of primary amides is 1. The van der Waals surface area contributed by atoms with E-state index in [-0.39, 0.29) is 48.6 Å². The number of aliphatic hydroxyl groups excluding tert-OH is 2. The molecular weight excluding hydrogens is 584 g/mol. The fourth-order valence-electron chi connectivity index (χ4n) is 6.41. The van der Waals surface area contributed by atoms with Crippen molar-refractivity contribution in [1.82, 2.24) is 4.90 Å². The topological polar surface area (TPSA) is 200 Å². The van der Waals surface area contributed by atoms with Gasteiger partial charge in [-0.1, -0.05) is 13.8 Å². The van der Waals surface area contributed by atoms with Gasteiger partial charge in [-0.3, -0.25) is 24.1 Å². The van der Waals surface area contributed by atoms with E-state index in [1.54, 1.807) is 39.8 Å². The Balaban J connectivity index is 1.72. The highest BCUT2D eigenvalue weighted by Gasteiger charge is 2.50. The van der Waals surface area contributed by atoms with Crippen molar-refractivity contribution in [2.75, 3.05) is 37.5 Å². The third kappa shape index (κ3) is 6.20. The standard InChI is InChI=1S/C32H42N4O9/c1-14(2)13-45-31(44)36(32(3,4)5)12-21(38)34-18-11-19(35(6)7)17-9-15-8-16-10-20(37)25(30(33)43)29(42)23(16)27(40)22(15)28(41)24(17)26(18)39/h11,14-16,23,37,39-40H,8-10,12-13H2,1-7H3,(H2,33,43)(H,34,38). The van der Waals surface area contributed by atoms with E-state index < -0.39 is 82.2 Å². The number of nitrogens with zero attached hydrogens (tertiary/aromatic N) is 2. The van der Waals surface area contributed by atoms with E-state index in [4.69, 9.17) is 10.5 Å². The van der Waals surface area contributed by atoms with Crippen LogP contribution in [0.15, 0.2) is 28.7 Å². The molecule has 0 saturated carbocycles. The number of benzene rings is 1. The van der Waals surface area contributed by atoms with E-state index in [0.717, 1.165) is 0 Å². The second-order valence-corrected chi connectivity index (χ2v) is 13.6. The predicted molar refractivity (Wildman–Crippen MR) is 165 cm³/mol. The van der Waals surface area contributed by atoms with Crippen LogP contribution < -0.4 is 16.0 Å². The second kappa shape index (κ2) is 12.1. The largest absolute Gasteiger partial charge is 0.511 e. The molecule has 244 valence electrons. The normalized spacial score (nSPS) is 21.2. The Morgan fingerprint density at radius 2 is 1.76 bits per heavy atom. The number of rotatable bonds is 7. The molecule has 0 fully saturated rings. The van der Waals surface area contributed by atoms with Gasteiger partial charge in [0, 0.05) is 37.3 Å². The van der Waals surface area contributed by atoms with Gasteiger partial charge in [0.2, 0.25) is 5.91 Å². The van der Waals surface area contributed by atoms with Crippen molar-refractivity contribution in [2.24, 2.45) is 29.4 Å². The van der Waals surface area contributed by atoms with Crippen LogP contribution in [0.4, 0.5) is 16.2 Å². The zero-order chi connectivity index (χ0) is 33.7. The molecule has 3 aliphatic rings. The zero-order valence-electron chi connectivity index (χ0n) is 26.7. The Labute approximate surface area is 261 Å². The molecule has 13 heteroatoms. The summed E-state index contributed by atoms with van der Waals surface area (Å²) >= 11 is 0. The number of nitrogens with one attached hydrogen (secondary N) is 1. The summed E-state index contributed by atoms with van der Waals surface area (Å²) in [5.41, 5.74) is 4.71. The molecule has 3 unspecified atom stereocenters. The van der Waals surface area contributed by atoms with Crippen LogP contribution in [-0.2, 0) is 25.5 Å². The summed E-state index contributed by atoms with van der Waals surface area (Å²) < 4.78 is 5.35. The van der Waals surface area contributed by atoms with E-state index in [2.05, 4.69) is 5.32 Å². The Kier molecular flexibility index (Phi) is 8.96. The fourth-order valence-corrected chi connectivity index (χ4v) is 6.41. The Bertz CT molecular complexity index is 1530. The first-order valence-corrected chi connectivity index (χ1v) is 14.9. The minimum Gasteiger partial charge on any atom is -0.511 e. The van der Waals surface area contributed by atoms with Crippen LogP contribution in [0.2, 0.25) is 0 Å². The van der Waals surface area contributed by atoms with Crippen molar-refractivity contribution < 1.29 is 44.0 Å². The van der Waals surface area contributed by atoms with E-state index in [1.807, 2.05) is 13.8 Å². The summed E-state index contributed by atoms with van der Waals surface area (Å²) in [4.78, 5) is 68.1. The molecule has 0 bridgehead atoms. The van der Waals surface area contributed by atoms with Crippen LogP contribution in [0.1, 0.15) is 63.4 Å². The molecule has 0 saturated heterocycles. The van der Waals surface area contributed by atoms with Crippen LogP contribution in [0.5, 0.6) is 5.75 Å². The molecule has 0 radical (unpaired) electrons. The molecule has 1 aromatic carbocycles. The van der Waals surface area contributed by atoms with Gasteiger partial charge in [-0.2, -0.15) is 0 Å². The van der Waals surface area contributed by atoms with Crippen LogP contribution in [-0.4, -0.2) is 82.5 Å². The van der Waals surface area contributed by atoms with Gasteiger partial charge in [-0.25, -0.2) is 4.79 Å². The molecule has 0 aliphatic heterocycles. The summed E-state index contributed by atoms with van der Waals surface area (Å²) in [5.74, 6) is -7.04. The van der Waals surface area contributed by atoms with Gasteiger partial charge in [0.05, 0.1) is 23.8 Å². The van der Waals surface area contributed by atoms with Gasteiger partial charge >= 0.3 is 6.09 Å². The molecule has 3 aliphatic carbocycles. The van der Waals surface area contributed by atoms with Crippen molar-refractivity contribution in [2.45, 2.75) is 59.4 Å². The van der Waals surface area contributed by atoms with Gasteiger partial charge in [0.1, 0.15) is 23.6 Å². The van der Waals surface area contributed by atoms with E-state index in [9.17, 15) is 39.3 Å². The van der Waals surface area contributed by atoms with Crippen molar-refractivity contribution in [3.63, 3.8) is 0 Å². The molecule has 3 amide bonds. The smallest absolute Gasteiger partial charge is 0.410 e. The number of phenolic OH excluding ortho intramolecular Hbond substituents is 1. The number of amides is 3. The average molecular weight is 627 g/mol. The molecule has 0 aromatic heterocycles. The number of hydrogen-bond donors (Lipinski definition) is 5. The van der Waals surface area contributed by atoms with Crippen LogP contribution in [0, 0.1) is 23.7 Å². The third-order valence-electron chi connectivity index (χ3n) is 8.49. The predicted octanol–water partition coefficient (Wildman–Crippen LogP) is 3.36. The second-order valence-electron chi connectivity index (χ2n) is 13.6. The number of carbonyl (C=O) groups is 5. The number of nitrogens with two attached hydrogens (primary N) is 1. The van der Waals surface area contributed by atoms with Crippen LogP contribution in [0.3, 0.4) is 0 Å². The van der Waals surface area contributed by atoms with E-state index in [0.29, 0.717) is 11.3 Å². The zero-order valence-corrected chi connectivity index (χ0v) is 26.7. The maximum Gasteiger partial charge on any atom is 0.410 e. The molecule has 0 heterocycles. The molecule has 1 aromatic rings. The number of ketones is 2. The van der Waals surface area contributed by atoms with Gasteiger partial charge in [-0.05, 0) is 63.0 Å². The van der Waals surface area contributed by atoms with Crippen molar-refractivity contribution in [3.8, 4) is 5.75 Å². The van der Waals surface area contributed by atoms with Gasteiger partial charge in [-0.15, -0.1) is 0 Å². The Morgan fingerprint density at radius 3 is 2.31 bits per heavy atom. The number of anilines is 2. The summed E-state index contributed by atoms with van der Waals surface area (Å²) in [6, 6.07) is 1.54. The number of fused-ring (bicyclic) bond motifs is 3. The highest BCUT2D eigenvalue weighted by Crippen LogP contribution is 2.51. The minimum atomic E-state index is -1.24. The number of allylic oxidation sites excluding steroid dienone is 3.